The van der Waals surface area contributed by atoms with E-state index >= 15 is 0 Å². The molecule has 2 aromatic rings. The Labute approximate surface area is 104 Å². The highest BCUT2D eigenvalue weighted by atomic mass is 32.1. The molecule has 0 bridgehead atoms. The number of nitrogens with zero attached hydrogens (tertiary/aromatic N) is 3. The van der Waals surface area contributed by atoms with Crippen LogP contribution in [0.2, 0.25) is 0 Å². The van der Waals surface area contributed by atoms with E-state index in [1.807, 2.05) is 0 Å². The fourth-order valence-electron chi connectivity index (χ4n) is 1.52. The van der Waals surface area contributed by atoms with E-state index in [9.17, 15) is 0 Å². The lowest BCUT2D eigenvalue weighted by Crippen LogP contribution is -1.94. The van der Waals surface area contributed by atoms with Crippen molar-refractivity contribution in [2.75, 3.05) is 5.32 Å². The molecule has 0 aromatic carbocycles. The van der Waals surface area contributed by atoms with Crippen LogP contribution in [0.4, 0.5) is 10.8 Å². The molecule has 0 fully saturated rings. The highest BCUT2D eigenvalue weighted by Gasteiger charge is 2.08. The zero-order valence-electron chi connectivity index (χ0n) is 9.69. The van der Waals surface area contributed by atoms with E-state index in [1.54, 1.807) is 29.8 Å². The molecule has 0 spiro atoms. The van der Waals surface area contributed by atoms with E-state index in [2.05, 4.69) is 35.2 Å². The minimum Gasteiger partial charge on any atom is -0.329 e. The Morgan fingerprint density at radius 1 is 1.53 bits per heavy atom. The van der Waals surface area contributed by atoms with Gasteiger partial charge in [0.05, 0.1) is 23.1 Å². The van der Waals surface area contributed by atoms with Crippen LogP contribution in [0, 0.1) is 18.3 Å². The maximum absolute atomic E-state index is 8.97. The molecular weight excluding hydrogens is 232 g/mol. The van der Waals surface area contributed by atoms with Crippen LogP contribution in [-0.4, -0.2) is 9.97 Å². The Balaban J connectivity index is 2.29. The molecule has 0 aliphatic heterocycles. The lowest BCUT2D eigenvalue weighted by atomic mass is 10.2. The number of hydrogen-bond acceptors (Lipinski definition) is 5. The van der Waals surface area contributed by atoms with Crippen molar-refractivity contribution in [1.29, 1.82) is 5.26 Å². The Hall–Kier alpha value is -1.93. The molecule has 2 heterocycles. The summed E-state index contributed by atoms with van der Waals surface area (Å²) in [6, 6.07) is 3.81. The van der Waals surface area contributed by atoms with Crippen molar-refractivity contribution in [1.82, 2.24) is 9.97 Å². The Morgan fingerprint density at radius 2 is 2.35 bits per heavy atom. The van der Waals surface area contributed by atoms with E-state index in [1.165, 1.54) is 4.88 Å². The van der Waals surface area contributed by atoms with Gasteiger partial charge < -0.3 is 5.32 Å². The third-order valence-electron chi connectivity index (χ3n) is 2.41. The van der Waals surface area contributed by atoms with Crippen LogP contribution >= 0.6 is 11.3 Å². The first-order valence-corrected chi connectivity index (χ1v) is 6.13. The second kappa shape index (κ2) is 4.93. The quantitative estimate of drug-likeness (QED) is 0.901. The van der Waals surface area contributed by atoms with Gasteiger partial charge >= 0.3 is 0 Å². The number of rotatable bonds is 3. The van der Waals surface area contributed by atoms with E-state index in [-0.39, 0.29) is 0 Å². The Bertz CT molecular complexity index is 568. The van der Waals surface area contributed by atoms with Crippen molar-refractivity contribution in [3.05, 3.63) is 34.6 Å². The molecule has 0 saturated heterocycles. The van der Waals surface area contributed by atoms with E-state index < -0.39 is 0 Å². The number of nitriles is 1. The SMILES string of the molecule is CCc1nc(Nc2cnccc2C#N)sc1C. The first-order valence-electron chi connectivity index (χ1n) is 5.32. The molecule has 0 atom stereocenters. The van der Waals surface area contributed by atoms with Crippen LogP contribution in [0.1, 0.15) is 23.1 Å². The van der Waals surface area contributed by atoms with Crippen LogP contribution in [0.25, 0.3) is 0 Å². The fraction of sp³-hybridized carbons (Fsp3) is 0.250. The van der Waals surface area contributed by atoms with Gasteiger partial charge in [-0.15, -0.1) is 11.3 Å². The van der Waals surface area contributed by atoms with E-state index in [0.717, 1.165) is 17.2 Å². The van der Waals surface area contributed by atoms with Crippen molar-refractivity contribution < 1.29 is 0 Å². The van der Waals surface area contributed by atoms with Crippen LogP contribution in [-0.2, 0) is 6.42 Å². The average Bonchev–Trinajstić information content (AvgIpc) is 2.70. The van der Waals surface area contributed by atoms with Gasteiger partial charge in [-0.05, 0) is 19.4 Å². The molecule has 17 heavy (non-hydrogen) atoms. The maximum Gasteiger partial charge on any atom is 0.187 e. The Morgan fingerprint density at radius 3 is 3.00 bits per heavy atom. The summed E-state index contributed by atoms with van der Waals surface area (Å²) >= 11 is 1.59. The molecule has 1 N–H and O–H groups in total. The van der Waals surface area contributed by atoms with Gasteiger partial charge in [0.25, 0.3) is 0 Å². The smallest absolute Gasteiger partial charge is 0.187 e. The van der Waals surface area contributed by atoms with Crippen molar-refractivity contribution in [2.45, 2.75) is 20.3 Å². The predicted octanol–water partition coefficient (Wildman–Crippen LogP) is 3.02. The standard InChI is InChI=1S/C12H12N4S/c1-3-10-8(2)17-12(15-10)16-11-7-14-5-4-9(11)6-13/h4-5,7H,3H2,1-2H3,(H,15,16). The largest absolute Gasteiger partial charge is 0.329 e. The minimum atomic E-state index is 0.575. The molecule has 2 rings (SSSR count). The molecule has 0 aliphatic carbocycles. The van der Waals surface area contributed by atoms with Gasteiger partial charge in [0, 0.05) is 11.1 Å². The summed E-state index contributed by atoms with van der Waals surface area (Å²) in [4.78, 5) is 9.68. The van der Waals surface area contributed by atoms with Gasteiger partial charge in [0.1, 0.15) is 6.07 Å². The summed E-state index contributed by atoms with van der Waals surface area (Å²) < 4.78 is 0. The van der Waals surface area contributed by atoms with Gasteiger partial charge in [-0.25, -0.2) is 4.98 Å². The molecule has 0 amide bonds. The molecular formula is C12H12N4S. The lowest BCUT2D eigenvalue weighted by molar-refractivity contribution is 1.05. The Kier molecular flexibility index (Phi) is 3.35. The summed E-state index contributed by atoms with van der Waals surface area (Å²) in [6.07, 6.45) is 4.16. The number of hydrogen-bond donors (Lipinski definition) is 1. The van der Waals surface area contributed by atoms with Crippen molar-refractivity contribution in [3.63, 3.8) is 0 Å². The highest BCUT2D eigenvalue weighted by molar-refractivity contribution is 7.15. The second-order valence-corrected chi connectivity index (χ2v) is 4.74. The van der Waals surface area contributed by atoms with Gasteiger partial charge in [0.2, 0.25) is 0 Å². The number of nitrogens with one attached hydrogen (secondary N) is 1. The van der Waals surface area contributed by atoms with Crippen LogP contribution < -0.4 is 5.32 Å². The maximum atomic E-state index is 8.97. The number of pyridine rings is 1. The topological polar surface area (TPSA) is 61.6 Å². The van der Waals surface area contributed by atoms with Crippen molar-refractivity contribution in [2.24, 2.45) is 0 Å². The average molecular weight is 244 g/mol. The normalized spacial score (nSPS) is 9.94. The summed E-state index contributed by atoms with van der Waals surface area (Å²) in [5, 5.41) is 12.9. The van der Waals surface area contributed by atoms with Crippen LogP contribution in [0.3, 0.4) is 0 Å². The fourth-order valence-corrected chi connectivity index (χ4v) is 2.43. The molecule has 0 unspecified atom stereocenters. The molecule has 5 heteroatoms. The molecule has 4 nitrogen and oxygen atoms in total. The summed E-state index contributed by atoms with van der Waals surface area (Å²) in [6.45, 7) is 4.13. The van der Waals surface area contributed by atoms with Gasteiger partial charge in [-0.3, -0.25) is 4.98 Å². The van der Waals surface area contributed by atoms with E-state index in [4.69, 9.17) is 5.26 Å². The molecule has 86 valence electrons. The van der Waals surface area contributed by atoms with Gasteiger partial charge in [-0.1, -0.05) is 6.92 Å². The second-order valence-electron chi connectivity index (χ2n) is 3.53. The molecule has 0 saturated carbocycles. The number of aromatic nitrogens is 2. The van der Waals surface area contributed by atoms with E-state index in [0.29, 0.717) is 11.3 Å². The first kappa shape index (κ1) is 11.6. The number of anilines is 2. The number of thiazole rings is 1. The lowest BCUT2D eigenvalue weighted by Gasteiger charge is -2.02. The zero-order chi connectivity index (χ0) is 12.3. The van der Waals surface area contributed by atoms with Gasteiger partial charge in [0.15, 0.2) is 5.13 Å². The molecule has 0 radical (unpaired) electrons. The third kappa shape index (κ3) is 2.43. The highest BCUT2D eigenvalue weighted by Crippen LogP contribution is 2.26. The van der Waals surface area contributed by atoms with Crippen molar-refractivity contribution in [3.8, 4) is 6.07 Å². The zero-order valence-corrected chi connectivity index (χ0v) is 10.5. The predicted molar refractivity (Wildman–Crippen MR) is 68.5 cm³/mol. The summed E-state index contributed by atoms with van der Waals surface area (Å²) in [5.41, 5.74) is 2.37. The molecule has 0 aliphatic rings. The van der Waals surface area contributed by atoms with Crippen LogP contribution in [0.15, 0.2) is 18.5 Å². The first-order chi connectivity index (χ1) is 8.24. The molecule has 2 aromatic heterocycles. The van der Waals surface area contributed by atoms with Crippen molar-refractivity contribution >= 4 is 22.2 Å². The third-order valence-corrected chi connectivity index (χ3v) is 3.34. The monoisotopic (exact) mass is 244 g/mol. The summed E-state index contributed by atoms with van der Waals surface area (Å²) in [7, 11) is 0. The van der Waals surface area contributed by atoms with Crippen LogP contribution in [0.5, 0.6) is 0 Å². The number of aryl methyl sites for hydroxylation is 2. The van der Waals surface area contributed by atoms with Gasteiger partial charge in [-0.2, -0.15) is 5.26 Å². The summed E-state index contributed by atoms with van der Waals surface area (Å²) in [5.74, 6) is 0. The minimum absolute atomic E-state index is 0.575.